The summed E-state index contributed by atoms with van der Waals surface area (Å²) in [6, 6.07) is 10.7. The number of benzene rings is 1. The van der Waals surface area contributed by atoms with E-state index in [1.165, 1.54) is 0 Å². The molecule has 0 bridgehead atoms. The third-order valence-corrected chi connectivity index (χ3v) is 3.42. The molecule has 2 aromatic rings. The molecule has 5 nitrogen and oxygen atoms in total. The smallest absolute Gasteiger partial charge is 0.268 e. The SMILES string of the molecule is Cc1[nH][nH]c(=O)c1[C@H](c1ccc(Cl)cc1)C(C#N)C#N. The summed E-state index contributed by atoms with van der Waals surface area (Å²) >= 11 is 5.85. The molecule has 2 rings (SSSR count). The van der Waals surface area contributed by atoms with Crippen LogP contribution < -0.4 is 5.56 Å². The zero-order chi connectivity index (χ0) is 14.7. The summed E-state index contributed by atoms with van der Waals surface area (Å²) in [7, 11) is 0. The van der Waals surface area contributed by atoms with E-state index in [0.29, 0.717) is 21.8 Å². The minimum absolute atomic E-state index is 0.321. The van der Waals surface area contributed by atoms with Gasteiger partial charge < -0.3 is 5.10 Å². The first-order valence-electron chi connectivity index (χ1n) is 5.90. The Labute approximate surface area is 120 Å². The Bertz CT molecular complexity index is 731. The number of rotatable bonds is 3. The molecule has 0 aliphatic rings. The van der Waals surface area contributed by atoms with E-state index >= 15 is 0 Å². The summed E-state index contributed by atoms with van der Waals surface area (Å²) in [6.45, 7) is 1.72. The molecule has 0 radical (unpaired) electrons. The van der Waals surface area contributed by atoms with Crippen molar-refractivity contribution in [3.63, 3.8) is 0 Å². The van der Waals surface area contributed by atoms with E-state index in [1.54, 1.807) is 31.2 Å². The fourth-order valence-corrected chi connectivity index (χ4v) is 2.33. The maximum atomic E-state index is 11.9. The molecular weight excluding hydrogens is 276 g/mol. The first-order chi connectivity index (χ1) is 9.58. The molecule has 6 heteroatoms. The van der Waals surface area contributed by atoms with Crippen LogP contribution in [0.3, 0.4) is 0 Å². The van der Waals surface area contributed by atoms with E-state index in [1.807, 2.05) is 12.1 Å². The Morgan fingerprint density at radius 1 is 1.15 bits per heavy atom. The highest BCUT2D eigenvalue weighted by Crippen LogP contribution is 2.31. The van der Waals surface area contributed by atoms with E-state index in [9.17, 15) is 15.3 Å². The predicted molar refractivity (Wildman–Crippen MR) is 74.2 cm³/mol. The van der Waals surface area contributed by atoms with Crippen molar-refractivity contribution in [3.8, 4) is 12.1 Å². The molecule has 0 aliphatic carbocycles. The van der Waals surface area contributed by atoms with Gasteiger partial charge in [0.1, 0.15) is 5.92 Å². The monoisotopic (exact) mass is 286 g/mol. The fourth-order valence-electron chi connectivity index (χ4n) is 2.20. The van der Waals surface area contributed by atoms with Crippen LogP contribution in [0.4, 0.5) is 0 Å². The summed E-state index contributed by atoms with van der Waals surface area (Å²) in [4.78, 5) is 11.9. The van der Waals surface area contributed by atoms with Crippen molar-refractivity contribution in [2.45, 2.75) is 12.8 Å². The van der Waals surface area contributed by atoms with Crippen LogP contribution in [0.2, 0.25) is 5.02 Å². The van der Waals surface area contributed by atoms with Crippen LogP contribution in [0.5, 0.6) is 0 Å². The molecule has 0 fully saturated rings. The van der Waals surface area contributed by atoms with Crippen LogP contribution in [-0.2, 0) is 0 Å². The maximum Gasteiger partial charge on any atom is 0.268 e. The lowest BCUT2D eigenvalue weighted by Crippen LogP contribution is -2.19. The number of hydrogen-bond acceptors (Lipinski definition) is 3. The number of halogens is 1. The minimum atomic E-state index is -0.952. The van der Waals surface area contributed by atoms with Gasteiger partial charge >= 0.3 is 0 Å². The van der Waals surface area contributed by atoms with Crippen molar-refractivity contribution in [3.05, 3.63) is 56.5 Å². The van der Waals surface area contributed by atoms with Gasteiger partial charge in [-0.3, -0.25) is 9.89 Å². The maximum absolute atomic E-state index is 11.9. The molecule has 1 aromatic carbocycles. The molecule has 2 N–H and O–H groups in total. The summed E-state index contributed by atoms with van der Waals surface area (Å²) < 4.78 is 0. The molecule has 0 unspecified atom stereocenters. The lowest BCUT2D eigenvalue weighted by molar-refractivity contribution is 0.700. The van der Waals surface area contributed by atoms with Crippen molar-refractivity contribution in [1.29, 1.82) is 10.5 Å². The Balaban J connectivity index is 2.63. The molecule has 0 aliphatic heterocycles. The largest absolute Gasteiger partial charge is 0.302 e. The second-order valence-electron chi connectivity index (χ2n) is 4.38. The Morgan fingerprint density at radius 3 is 2.20 bits per heavy atom. The van der Waals surface area contributed by atoms with E-state index in [-0.39, 0.29) is 5.56 Å². The van der Waals surface area contributed by atoms with Gasteiger partial charge in [-0.1, -0.05) is 23.7 Å². The van der Waals surface area contributed by atoms with E-state index < -0.39 is 11.8 Å². The second kappa shape index (κ2) is 5.64. The number of nitrogens with zero attached hydrogens (tertiary/aromatic N) is 2. The minimum Gasteiger partial charge on any atom is -0.302 e. The number of nitriles is 2. The van der Waals surface area contributed by atoms with Gasteiger partial charge in [0, 0.05) is 22.2 Å². The van der Waals surface area contributed by atoms with Crippen LogP contribution in [0, 0.1) is 35.5 Å². The van der Waals surface area contributed by atoms with Gasteiger partial charge in [-0.15, -0.1) is 0 Å². The Kier molecular flexibility index (Phi) is 3.93. The van der Waals surface area contributed by atoms with Crippen molar-refractivity contribution in [1.82, 2.24) is 10.2 Å². The highest BCUT2D eigenvalue weighted by Gasteiger charge is 2.29. The number of H-pyrrole nitrogens is 2. The third-order valence-electron chi connectivity index (χ3n) is 3.16. The zero-order valence-electron chi connectivity index (χ0n) is 10.6. The van der Waals surface area contributed by atoms with Crippen molar-refractivity contribution >= 4 is 11.6 Å². The number of aryl methyl sites for hydroxylation is 1. The first kappa shape index (κ1) is 13.9. The van der Waals surface area contributed by atoms with Gasteiger partial charge in [0.25, 0.3) is 5.56 Å². The molecule has 0 amide bonds. The summed E-state index contributed by atoms with van der Waals surface area (Å²) in [5, 5.41) is 24.1. The molecule has 0 saturated heterocycles. The summed E-state index contributed by atoms with van der Waals surface area (Å²) in [6.07, 6.45) is 0. The Morgan fingerprint density at radius 2 is 1.75 bits per heavy atom. The van der Waals surface area contributed by atoms with Gasteiger partial charge in [-0.05, 0) is 24.6 Å². The van der Waals surface area contributed by atoms with Gasteiger partial charge in [-0.25, -0.2) is 0 Å². The molecule has 1 atom stereocenters. The number of hydrogen-bond donors (Lipinski definition) is 2. The normalized spacial score (nSPS) is 11.8. The molecule has 0 saturated carbocycles. The molecule has 20 heavy (non-hydrogen) atoms. The number of aromatic amines is 2. The Hall–Kier alpha value is -2.50. The van der Waals surface area contributed by atoms with E-state index in [4.69, 9.17) is 11.6 Å². The highest BCUT2D eigenvalue weighted by atomic mass is 35.5. The fraction of sp³-hybridized carbons (Fsp3) is 0.214. The lowest BCUT2D eigenvalue weighted by Gasteiger charge is -2.17. The molecule has 1 aromatic heterocycles. The van der Waals surface area contributed by atoms with Crippen molar-refractivity contribution in [2.24, 2.45) is 5.92 Å². The van der Waals surface area contributed by atoms with Crippen LogP contribution in [0.25, 0.3) is 0 Å². The first-order valence-corrected chi connectivity index (χ1v) is 6.28. The van der Waals surface area contributed by atoms with E-state index in [2.05, 4.69) is 10.2 Å². The van der Waals surface area contributed by atoms with E-state index in [0.717, 1.165) is 0 Å². The van der Waals surface area contributed by atoms with Crippen LogP contribution in [0.15, 0.2) is 29.1 Å². The van der Waals surface area contributed by atoms with Gasteiger partial charge in [0.15, 0.2) is 0 Å². The quantitative estimate of drug-likeness (QED) is 0.907. The van der Waals surface area contributed by atoms with Crippen molar-refractivity contribution in [2.75, 3.05) is 0 Å². The standard InChI is InChI=1S/C14H11ClN4O/c1-8-12(14(20)19-18-8)13(10(6-16)7-17)9-2-4-11(15)5-3-9/h2-5,10,13H,1H3,(H2,18,19,20)/t13-/m1/s1. The van der Waals surface area contributed by atoms with Crippen LogP contribution in [0.1, 0.15) is 22.7 Å². The van der Waals surface area contributed by atoms with Gasteiger partial charge in [0.05, 0.1) is 12.1 Å². The average Bonchev–Trinajstić information content (AvgIpc) is 2.77. The third kappa shape index (κ3) is 2.45. The molecule has 1 heterocycles. The van der Waals surface area contributed by atoms with Gasteiger partial charge in [0.2, 0.25) is 0 Å². The second-order valence-corrected chi connectivity index (χ2v) is 4.82. The summed E-state index contributed by atoms with van der Waals surface area (Å²) in [5.74, 6) is -1.57. The highest BCUT2D eigenvalue weighted by molar-refractivity contribution is 6.30. The molecule has 0 spiro atoms. The van der Waals surface area contributed by atoms with Crippen LogP contribution in [-0.4, -0.2) is 10.2 Å². The topological polar surface area (TPSA) is 96.2 Å². The molecule has 100 valence electrons. The number of nitrogens with one attached hydrogen (secondary N) is 2. The number of aromatic nitrogens is 2. The summed E-state index contributed by atoms with van der Waals surface area (Å²) in [5.41, 5.74) is 1.40. The average molecular weight is 287 g/mol. The molecular formula is C14H11ClN4O. The predicted octanol–water partition coefficient (Wildman–Crippen LogP) is 2.46. The van der Waals surface area contributed by atoms with Crippen LogP contribution >= 0.6 is 11.6 Å². The lowest BCUT2D eigenvalue weighted by atomic mass is 9.82. The van der Waals surface area contributed by atoms with Crippen molar-refractivity contribution < 1.29 is 0 Å². The zero-order valence-corrected chi connectivity index (χ0v) is 11.4. The van der Waals surface area contributed by atoms with Gasteiger partial charge in [-0.2, -0.15) is 10.5 Å².